The maximum absolute atomic E-state index is 13.0. The summed E-state index contributed by atoms with van der Waals surface area (Å²) < 4.78 is 13.5. The summed E-state index contributed by atoms with van der Waals surface area (Å²) in [4.78, 5) is 13.2. The second kappa shape index (κ2) is 4.31. The Morgan fingerprint density at radius 3 is 2.75 bits per heavy atom. The van der Waals surface area contributed by atoms with Gasteiger partial charge in [0.25, 0.3) is 0 Å². The average Bonchev–Trinajstić information content (AvgIpc) is 2.48. The average molecular weight is 308 g/mol. The maximum atomic E-state index is 13.0. The predicted molar refractivity (Wildman–Crippen MR) is 64.1 cm³/mol. The van der Waals surface area contributed by atoms with E-state index in [4.69, 9.17) is 17.3 Å². The van der Waals surface area contributed by atoms with Crippen molar-refractivity contribution in [2.24, 2.45) is 5.73 Å². The molecule has 1 aromatic rings. The van der Waals surface area contributed by atoms with Crippen LogP contribution in [-0.4, -0.2) is 18.5 Å². The van der Waals surface area contributed by atoms with Crippen LogP contribution >= 0.6 is 27.5 Å². The molecule has 86 valence electrons. The van der Waals surface area contributed by atoms with Gasteiger partial charge in [0, 0.05) is 11.0 Å². The highest BCUT2D eigenvalue weighted by Gasteiger charge is 2.32. The second-order valence-corrected chi connectivity index (χ2v) is 4.86. The van der Waals surface area contributed by atoms with Crippen LogP contribution in [-0.2, 0) is 4.79 Å². The molecule has 1 atom stereocenters. The number of nitrogens with two attached hydrogens (primary N) is 1. The van der Waals surface area contributed by atoms with E-state index >= 15 is 0 Å². The van der Waals surface area contributed by atoms with Gasteiger partial charge in [-0.1, -0.05) is 11.6 Å². The van der Waals surface area contributed by atoms with Crippen molar-refractivity contribution in [3.63, 3.8) is 0 Å². The van der Waals surface area contributed by atoms with Gasteiger partial charge in [-0.3, -0.25) is 4.79 Å². The highest BCUT2D eigenvalue weighted by Crippen LogP contribution is 2.36. The van der Waals surface area contributed by atoms with E-state index in [0.29, 0.717) is 23.1 Å². The zero-order valence-electron chi connectivity index (χ0n) is 8.21. The van der Waals surface area contributed by atoms with E-state index < -0.39 is 11.9 Å². The lowest BCUT2D eigenvalue weighted by molar-refractivity contribution is -0.118. The quantitative estimate of drug-likeness (QED) is 0.865. The van der Waals surface area contributed by atoms with Crippen LogP contribution in [0.1, 0.15) is 6.42 Å². The summed E-state index contributed by atoms with van der Waals surface area (Å²) in [7, 11) is 0. The topological polar surface area (TPSA) is 46.3 Å². The fourth-order valence-electron chi connectivity index (χ4n) is 1.72. The third-order valence-electron chi connectivity index (χ3n) is 2.50. The van der Waals surface area contributed by atoms with E-state index in [0.717, 1.165) is 0 Å². The fraction of sp³-hybridized carbons (Fsp3) is 0.300. The number of hydrogen-bond acceptors (Lipinski definition) is 2. The molecule has 1 unspecified atom stereocenters. The van der Waals surface area contributed by atoms with E-state index in [1.165, 1.54) is 17.0 Å². The highest BCUT2D eigenvalue weighted by atomic mass is 79.9. The van der Waals surface area contributed by atoms with Gasteiger partial charge in [0.1, 0.15) is 5.82 Å². The Morgan fingerprint density at radius 1 is 1.56 bits per heavy atom. The van der Waals surface area contributed by atoms with Gasteiger partial charge in [0.05, 0.1) is 16.8 Å². The summed E-state index contributed by atoms with van der Waals surface area (Å²) in [5, 5.41) is 0.203. The lowest BCUT2D eigenvalue weighted by atomic mass is 10.2. The number of rotatable bonds is 1. The van der Waals surface area contributed by atoms with Gasteiger partial charge in [-0.25, -0.2) is 4.39 Å². The number of carbonyl (C=O) groups excluding carboxylic acids is 1. The Labute approximate surface area is 105 Å². The molecule has 1 aromatic carbocycles. The molecular formula is C10H9BrClFN2O. The standard InChI is InChI=1S/C10H9BrClFN2O/c11-6-3-5(13)4-7(12)9(6)15-2-1-8(14)10(15)16/h3-4,8H,1-2,14H2. The van der Waals surface area contributed by atoms with Gasteiger partial charge in [-0.2, -0.15) is 0 Å². The first-order valence-corrected chi connectivity index (χ1v) is 5.89. The Bertz CT molecular complexity index is 431. The second-order valence-electron chi connectivity index (χ2n) is 3.60. The zero-order chi connectivity index (χ0) is 11.9. The molecule has 1 aliphatic rings. The van der Waals surface area contributed by atoms with Crippen molar-refractivity contribution in [3.8, 4) is 0 Å². The van der Waals surface area contributed by atoms with Crippen molar-refractivity contribution in [3.05, 3.63) is 27.4 Å². The van der Waals surface area contributed by atoms with Gasteiger partial charge in [-0.15, -0.1) is 0 Å². The molecular weight excluding hydrogens is 298 g/mol. The van der Waals surface area contributed by atoms with Crippen LogP contribution in [0, 0.1) is 5.82 Å². The SMILES string of the molecule is NC1CCN(c2c(Cl)cc(F)cc2Br)C1=O. The first-order valence-electron chi connectivity index (χ1n) is 4.72. The molecule has 0 aliphatic carbocycles. The molecule has 0 spiro atoms. The number of nitrogens with zero attached hydrogens (tertiary/aromatic N) is 1. The number of halogens is 3. The van der Waals surface area contributed by atoms with Crippen LogP contribution in [0.2, 0.25) is 5.02 Å². The smallest absolute Gasteiger partial charge is 0.244 e. The maximum Gasteiger partial charge on any atom is 0.244 e. The van der Waals surface area contributed by atoms with Crippen molar-refractivity contribution in [2.45, 2.75) is 12.5 Å². The van der Waals surface area contributed by atoms with Crippen LogP contribution < -0.4 is 10.6 Å². The fourth-order valence-corrected chi connectivity index (χ4v) is 2.78. The van der Waals surface area contributed by atoms with Gasteiger partial charge < -0.3 is 10.6 Å². The monoisotopic (exact) mass is 306 g/mol. The predicted octanol–water partition coefficient (Wildman–Crippen LogP) is 2.31. The first kappa shape index (κ1) is 11.8. The summed E-state index contributed by atoms with van der Waals surface area (Å²) in [6, 6.07) is 1.96. The van der Waals surface area contributed by atoms with Crippen molar-refractivity contribution in [2.75, 3.05) is 11.4 Å². The third kappa shape index (κ3) is 1.95. The largest absolute Gasteiger partial charge is 0.320 e. The summed E-state index contributed by atoms with van der Waals surface area (Å²) in [6.45, 7) is 0.504. The summed E-state index contributed by atoms with van der Waals surface area (Å²) >= 11 is 9.12. The summed E-state index contributed by atoms with van der Waals surface area (Å²) in [5.41, 5.74) is 6.10. The van der Waals surface area contributed by atoms with Crippen LogP contribution in [0.3, 0.4) is 0 Å². The van der Waals surface area contributed by atoms with Crippen molar-refractivity contribution in [1.82, 2.24) is 0 Å². The minimum Gasteiger partial charge on any atom is -0.320 e. The molecule has 1 aliphatic heterocycles. The molecule has 2 N–H and O–H groups in total. The Morgan fingerprint density at radius 2 is 2.25 bits per heavy atom. The van der Waals surface area contributed by atoms with E-state index in [9.17, 15) is 9.18 Å². The number of anilines is 1. The van der Waals surface area contributed by atoms with Crippen LogP contribution in [0.5, 0.6) is 0 Å². The molecule has 2 rings (SSSR count). The first-order chi connectivity index (χ1) is 7.50. The minimum absolute atomic E-state index is 0.186. The van der Waals surface area contributed by atoms with Gasteiger partial charge >= 0.3 is 0 Å². The van der Waals surface area contributed by atoms with Crippen molar-refractivity contribution >= 4 is 39.1 Å². The molecule has 16 heavy (non-hydrogen) atoms. The molecule has 1 heterocycles. The molecule has 0 aromatic heterocycles. The molecule has 1 fully saturated rings. The van der Waals surface area contributed by atoms with Gasteiger partial charge in [0.15, 0.2) is 0 Å². The van der Waals surface area contributed by atoms with Crippen LogP contribution in [0.25, 0.3) is 0 Å². The molecule has 6 heteroatoms. The van der Waals surface area contributed by atoms with Crippen molar-refractivity contribution < 1.29 is 9.18 Å². The van der Waals surface area contributed by atoms with E-state index in [2.05, 4.69) is 15.9 Å². The van der Waals surface area contributed by atoms with Crippen LogP contribution in [0.15, 0.2) is 16.6 Å². The Kier molecular flexibility index (Phi) is 3.19. The zero-order valence-corrected chi connectivity index (χ0v) is 10.6. The molecule has 3 nitrogen and oxygen atoms in total. The van der Waals surface area contributed by atoms with Crippen LogP contribution in [0.4, 0.5) is 10.1 Å². The minimum atomic E-state index is -0.493. The molecule has 1 saturated heterocycles. The Hall–Kier alpha value is -0.650. The van der Waals surface area contributed by atoms with E-state index in [-0.39, 0.29) is 10.9 Å². The molecule has 0 saturated carbocycles. The Balaban J connectivity index is 2.45. The van der Waals surface area contributed by atoms with Gasteiger partial charge in [-0.05, 0) is 34.5 Å². The van der Waals surface area contributed by atoms with E-state index in [1.807, 2.05) is 0 Å². The lowest BCUT2D eigenvalue weighted by Crippen LogP contribution is -2.34. The molecule has 0 radical (unpaired) electrons. The van der Waals surface area contributed by atoms with Gasteiger partial charge in [0.2, 0.25) is 5.91 Å². The summed E-state index contributed by atoms with van der Waals surface area (Å²) in [5.74, 6) is -0.634. The number of benzene rings is 1. The summed E-state index contributed by atoms with van der Waals surface area (Å²) in [6.07, 6.45) is 0.582. The van der Waals surface area contributed by atoms with Crippen molar-refractivity contribution in [1.29, 1.82) is 0 Å². The molecule has 0 bridgehead atoms. The normalized spacial score (nSPS) is 20.6. The third-order valence-corrected chi connectivity index (χ3v) is 3.39. The lowest BCUT2D eigenvalue weighted by Gasteiger charge is -2.19. The van der Waals surface area contributed by atoms with E-state index in [1.54, 1.807) is 0 Å². The number of carbonyl (C=O) groups is 1. The number of amides is 1. The number of hydrogen-bond donors (Lipinski definition) is 1. The molecule has 1 amide bonds. The highest BCUT2D eigenvalue weighted by molar-refractivity contribution is 9.10.